The molecule has 1 atom stereocenters. The minimum absolute atomic E-state index is 0.0536. The molecule has 1 saturated heterocycles. The van der Waals surface area contributed by atoms with Crippen molar-refractivity contribution >= 4 is 29.1 Å². The standard InChI is InChI=1S/C12H15N3O3S/c1-8(14-11(17)9-3-2-6-19-9)12(18)15-5-4-13-10(16)7-15/h2-3,6,8H,4-5,7H2,1H3,(H,13,16)(H,14,17). The molecular weight excluding hydrogens is 266 g/mol. The van der Waals surface area contributed by atoms with Gasteiger partial charge in [0, 0.05) is 13.1 Å². The average Bonchev–Trinajstić information content (AvgIpc) is 2.91. The lowest BCUT2D eigenvalue weighted by Crippen LogP contribution is -2.55. The van der Waals surface area contributed by atoms with Gasteiger partial charge in [0.15, 0.2) is 0 Å². The maximum Gasteiger partial charge on any atom is 0.261 e. The fourth-order valence-corrected chi connectivity index (χ4v) is 2.46. The number of piperazine rings is 1. The van der Waals surface area contributed by atoms with Gasteiger partial charge >= 0.3 is 0 Å². The third kappa shape index (κ3) is 3.31. The topological polar surface area (TPSA) is 78.5 Å². The van der Waals surface area contributed by atoms with Crippen LogP contribution in [-0.4, -0.2) is 48.3 Å². The summed E-state index contributed by atoms with van der Waals surface area (Å²) in [6.45, 7) is 2.61. The van der Waals surface area contributed by atoms with Crippen LogP contribution in [0.2, 0.25) is 0 Å². The monoisotopic (exact) mass is 281 g/mol. The Morgan fingerprint density at radius 3 is 2.95 bits per heavy atom. The van der Waals surface area contributed by atoms with E-state index in [9.17, 15) is 14.4 Å². The van der Waals surface area contributed by atoms with Crippen LogP contribution in [0.15, 0.2) is 17.5 Å². The molecule has 6 nitrogen and oxygen atoms in total. The molecule has 2 rings (SSSR count). The van der Waals surface area contributed by atoms with Gasteiger partial charge in [-0.3, -0.25) is 14.4 Å². The number of nitrogens with one attached hydrogen (secondary N) is 2. The van der Waals surface area contributed by atoms with Crippen molar-refractivity contribution < 1.29 is 14.4 Å². The molecule has 0 spiro atoms. The van der Waals surface area contributed by atoms with E-state index in [0.717, 1.165) is 0 Å². The quantitative estimate of drug-likeness (QED) is 0.807. The highest BCUT2D eigenvalue weighted by molar-refractivity contribution is 7.12. The smallest absolute Gasteiger partial charge is 0.261 e. The van der Waals surface area contributed by atoms with Crippen molar-refractivity contribution in [2.24, 2.45) is 0 Å². The SMILES string of the molecule is CC(NC(=O)c1cccs1)C(=O)N1CCNC(=O)C1. The maximum atomic E-state index is 12.1. The number of nitrogens with zero attached hydrogens (tertiary/aromatic N) is 1. The number of thiophene rings is 1. The fraction of sp³-hybridized carbons (Fsp3) is 0.417. The highest BCUT2D eigenvalue weighted by Gasteiger charge is 2.26. The molecular formula is C12H15N3O3S. The van der Waals surface area contributed by atoms with E-state index in [1.165, 1.54) is 16.2 Å². The summed E-state index contributed by atoms with van der Waals surface area (Å²) in [6.07, 6.45) is 0. The van der Waals surface area contributed by atoms with E-state index < -0.39 is 6.04 Å². The van der Waals surface area contributed by atoms with Gasteiger partial charge in [-0.05, 0) is 18.4 Å². The largest absolute Gasteiger partial charge is 0.353 e. The summed E-state index contributed by atoms with van der Waals surface area (Å²) in [7, 11) is 0. The second-order valence-electron chi connectivity index (χ2n) is 4.28. The molecule has 1 aromatic rings. The molecule has 0 bridgehead atoms. The van der Waals surface area contributed by atoms with E-state index in [0.29, 0.717) is 18.0 Å². The maximum absolute atomic E-state index is 12.1. The summed E-state index contributed by atoms with van der Waals surface area (Å²) in [6, 6.07) is 2.84. The molecule has 0 radical (unpaired) electrons. The molecule has 2 N–H and O–H groups in total. The molecule has 0 aromatic carbocycles. The third-order valence-electron chi connectivity index (χ3n) is 2.81. The summed E-state index contributed by atoms with van der Waals surface area (Å²) in [5.74, 6) is -0.673. The Morgan fingerprint density at radius 1 is 1.53 bits per heavy atom. The van der Waals surface area contributed by atoms with E-state index in [1.54, 1.807) is 24.4 Å². The highest BCUT2D eigenvalue weighted by atomic mass is 32.1. The normalized spacial score (nSPS) is 16.7. The zero-order valence-corrected chi connectivity index (χ0v) is 11.3. The molecule has 102 valence electrons. The van der Waals surface area contributed by atoms with Crippen molar-refractivity contribution in [1.29, 1.82) is 0 Å². The van der Waals surface area contributed by atoms with Gasteiger partial charge in [0.1, 0.15) is 6.04 Å². The van der Waals surface area contributed by atoms with Gasteiger partial charge in [0.2, 0.25) is 11.8 Å². The summed E-state index contributed by atoms with van der Waals surface area (Å²) >= 11 is 1.32. The average molecular weight is 281 g/mol. The molecule has 1 aromatic heterocycles. The van der Waals surface area contributed by atoms with Crippen LogP contribution < -0.4 is 10.6 Å². The number of hydrogen-bond acceptors (Lipinski definition) is 4. The molecule has 1 fully saturated rings. The van der Waals surface area contributed by atoms with E-state index in [4.69, 9.17) is 0 Å². The zero-order valence-electron chi connectivity index (χ0n) is 10.5. The Bertz CT molecular complexity index is 486. The molecule has 2 heterocycles. The van der Waals surface area contributed by atoms with Crippen LogP contribution in [0.5, 0.6) is 0 Å². The first kappa shape index (κ1) is 13.5. The van der Waals surface area contributed by atoms with Crippen molar-refractivity contribution in [1.82, 2.24) is 15.5 Å². The first-order valence-electron chi connectivity index (χ1n) is 5.98. The van der Waals surface area contributed by atoms with Gasteiger partial charge in [-0.15, -0.1) is 11.3 Å². The van der Waals surface area contributed by atoms with Gasteiger partial charge in [0.25, 0.3) is 5.91 Å². The molecule has 1 aliphatic heterocycles. The van der Waals surface area contributed by atoms with Gasteiger partial charge in [-0.25, -0.2) is 0 Å². The summed E-state index contributed by atoms with van der Waals surface area (Å²) in [5, 5.41) is 7.10. The second kappa shape index (κ2) is 5.83. The number of carbonyl (C=O) groups is 3. The van der Waals surface area contributed by atoms with Crippen LogP contribution in [0, 0.1) is 0 Å². The highest BCUT2D eigenvalue weighted by Crippen LogP contribution is 2.08. The Labute approximate surface area is 114 Å². The number of amides is 3. The van der Waals surface area contributed by atoms with Crippen LogP contribution in [-0.2, 0) is 9.59 Å². The zero-order chi connectivity index (χ0) is 13.8. The lowest BCUT2D eigenvalue weighted by atomic mass is 10.2. The fourth-order valence-electron chi connectivity index (χ4n) is 1.84. The van der Waals surface area contributed by atoms with Gasteiger partial charge in [0.05, 0.1) is 11.4 Å². The van der Waals surface area contributed by atoms with E-state index in [2.05, 4.69) is 10.6 Å². The number of hydrogen-bond donors (Lipinski definition) is 2. The van der Waals surface area contributed by atoms with E-state index in [1.807, 2.05) is 0 Å². The molecule has 1 unspecified atom stereocenters. The van der Waals surface area contributed by atoms with E-state index >= 15 is 0 Å². The van der Waals surface area contributed by atoms with E-state index in [-0.39, 0.29) is 24.3 Å². The number of carbonyl (C=O) groups excluding carboxylic acids is 3. The summed E-state index contributed by atoms with van der Waals surface area (Å²) in [4.78, 5) is 37.1. The van der Waals surface area contributed by atoms with Crippen molar-refractivity contribution in [2.45, 2.75) is 13.0 Å². The minimum Gasteiger partial charge on any atom is -0.353 e. The van der Waals surface area contributed by atoms with Gasteiger partial charge in [-0.1, -0.05) is 6.07 Å². The Balaban J connectivity index is 1.92. The predicted octanol–water partition coefficient (Wildman–Crippen LogP) is -0.175. The molecule has 1 aliphatic rings. The second-order valence-corrected chi connectivity index (χ2v) is 5.23. The van der Waals surface area contributed by atoms with Gasteiger partial charge in [-0.2, -0.15) is 0 Å². The first-order chi connectivity index (χ1) is 9.08. The Morgan fingerprint density at radius 2 is 2.32 bits per heavy atom. The van der Waals surface area contributed by atoms with Crippen LogP contribution in [0.4, 0.5) is 0 Å². The summed E-state index contributed by atoms with van der Waals surface area (Å²) in [5.41, 5.74) is 0. The Hall–Kier alpha value is -1.89. The van der Waals surface area contributed by atoms with Crippen LogP contribution in [0.25, 0.3) is 0 Å². The van der Waals surface area contributed by atoms with Crippen molar-refractivity contribution in [2.75, 3.05) is 19.6 Å². The Kier molecular flexibility index (Phi) is 4.16. The summed E-state index contributed by atoms with van der Waals surface area (Å²) < 4.78 is 0. The molecule has 0 saturated carbocycles. The first-order valence-corrected chi connectivity index (χ1v) is 6.86. The number of rotatable bonds is 3. The van der Waals surface area contributed by atoms with Crippen LogP contribution in [0.1, 0.15) is 16.6 Å². The molecule has 3 amide bonds. The predicted molar refractivity (Wildman–Crippen MR) is 70.8 cm³/mol. The minimum atomic E-state index is -0.638. The molecule has 0 aliphatic carbocycles. The molecule has 7 heteroatoms. The van der Waals surface area contributed by atoms with Crippen molar-refractivity contribution in [3.8, 4) is 0 Å². The van der Waals surface area contributed by atoms with Crippen molar-refractivity contribution in [3.05, 3.63) is 22.4 Å². The van der Waals surface area contributed by atoms with Gasteiger partial charge < -0.3 is 15.5 Å². The van der Waals surface area contributed by atoms with Crippen molar-refractivity contribution in [3.63, 3.8) is 0 Å². The van der Waals surface area contributed by atoms with Crippen LogP contribution in [0.3, 0.4) is 0 Å². The molecule has 19 heavy (non-hydrogen) atoms. The lowest BCUT2D eigenvalue weighted by molar-refractivity contribution is -0.139. The third-order valence-corrected chi connectivity index (χ3v) is 3.68. The van der Waals surface area contributed by atoms with Crippen LogP contribution >= 0.6 is 11.3 Å². The lowest BCUT2D eigenvalue weighted by Gasteiger charge is -2.29.